The molecule has 0 saturated carbocycles. The van der Waals surface area contributed by atoms with Gasteiger partial charge in [-0.1, -0.05) is 0 Å². The third-order valence-corrected chi connectivity index (χ3v) is 2.71. The quantitative estimate of drug-likeness (QED) is 0.768. The fraction of sp³-hybridized carbons (Fsp3) is 0.375. The molecule has 0 fully saturated rings. The molecule has 0 bridgehead atoms. The van der Waals surface area contributed by atoms with Crippen LogP contribution in [-0.2, 0) is 0 Å². The van der Waals surface area contributed by atoms with E-state index in [9.17, 15) is 13.2 Å². The Bertz CT molecular complexity index is 380. The number of aromatic nitrogens is 1. The summed E-state index contributed by atoms with van der Waals surface area (Å²) in [6.07, 6.45) is -1.32. The molecule has 1 aliphatic rings. The van der Waals surface area contributed by atoms with Crippen molar-refractivity contribution in [1.82, 2.24) is 4.98 Å². The molecule has 3 nitrogen and oxygen atoms in total. The molecule has 0 radical (unpaired) electrons. The summed E-state index contributed by atoms with van der Waals surface area (Å²) >= 11 is 3.14. The molecule has 2 heterocycles. The van der Waals surface area contributed by atoms with Crippen molar-refractivity contribution >= 4 is 27.3 Å². The van der Waals surface area contributed by atoms with Crippen LogP contribution in [0.3, 0.4) is 0 Å². The molecule has 1 unspecified atom stereocenters. The zero-order valence-electron chi connectivity index (χ0n) is 7.40. The highest BCUT2D eigenvalue weighted by atomic mass is 79.9. The summed E-state index contributed by atoms with van der Waals surface area (Å²) in [7, 11) is 0. The summed E-state index contributed by atoms with van der Waals surface area (Å²) in [5, 5.41) is 5.12. The van der Waals surface area contributed by atoms with E-state index in [1.807, 2.05) is 0 Å². The Kier molecular flexibility index (Phi) is 2.49. The first kappa shape index (κ1) is 10.5. The van der Waals surface area contributed by atoms with Gasteiger partial charge < -0.3 is 10.6 Å². The summed E-state index contributed by atoms with van der Waals surface area (Å²) in [5.74, 6) is 0. The number of fused-ring (bicyclic) bond motifs is 1. The van der Waals surface area contributed by atoms with Gasteiger partial charge in [0.05, 0.1) is 22.0 Å². The molecule has 15 heavy (non-hydrogen) atoms. The number of alkyl halides is 3. The van der Waals surface area contributed by atoms with Crippen LogP contribution in [0.5, 0.6) is 0 Å². The Morgan fingerprint density at radius 2 is 2.13 bits per heavy atom. The van der Waals surface area contributed by atoms with E-state index < -0.39 is 12.2 Å². The van der Waals surface area contributed by atoms with Crippen molar-refractivity contribution < 1.29 is 13.2 Å². The minimum absolute atomic E-state index is 0.186. The largest absolute Gasteiger partial charge is 0.410 e. The van der Waals surface area contributed by atoms with Gasteiger partial charge in [0.25, 0.3) is 0 Å². The van der Waals surface area contributed by atoms with Gasteiger partial charge in [-0.3, -0.25) is 4.98 Å². The molecular formula is C8H7BrF3N3. The maximum atomic E-state index is 12.4. The Hall–Kier alpha value is -0.980. The van der Waals surface area contributed by atoms with Gasteiger partial charge in [-0.2, -0.15) is 13.2 Å². The SMILES string of the molecule is FC(F)(F)C1CNc2cncc(Br)c2N1. The summed E-state index contributed by atoms with van der Waals surface area (Å²) in [6.45, 7) is -0.186. The van der Waals surface area contributed by atoms with Crippen molar-refractivity contribution in [2.75, 3.05) is 17.2 Å². The maximum absolute atomic E-state index is 12.4. The Morgan fingerprint density at radius 3 is 2.80 bits per heavy atom. The topological polar surface area (TPSA) is 37.0 Å². The van der Waals surface area contributed by atoms with Crippen LogP contribution in [0.15, 0.2) is 16.9 Å². The van der Waals surface area contributed by atoms with Gasteiger partial charge in [-0.25, -0.2) is 0 Å². The molecule has 0 spiro atoms. The van der Waals surface area contributed by atoms with E-state index in [2.05, 4.69) is 31.5 Å². The first-order chi connectivity index (χ1) is 6.98. The Balaban J connectivity index is 2.30. The van der Waals surface area contributed by atoms with Crippen LogP contribution in [0.4, 0.5) is 24.5 Å². The normalized spacial score (nSPS) is 20.1. The van der Waals surface area contributed by atoms with Gasteiger partial charge in [0.2, 0.25) is 0 Å². The molecule has 1 atom stereocenters. The van der Waals surface area contributed by atoms with E-state index in [-0.39, 0.29) is 6.54 Å². The van der Waals surface area contributed by atoms with Crippen LogP contribution in [-0.4, -0.2) is 23.7 Å². The van der Waals surface area contributed by atoms with E-state index >= 15 is 0 Å². The average molecular weight is 282 g/mol. The lowest BCUT2D eigenvalue weighted by molar-refractivity contribution is -0.139. The zero-order valence-corrected chi connectivity index (χ0v) is 8.98. The molecule has 2 N–H and O–H groups in total. The smallest absolute Gasteiger partial charge is 0.380 e. The lowest BCUT2D eigenvalue weighted by atomic mass is 10.2. The van der Waals surface area contributed by atoms with E-state index in [1.165, 1.54) is 12.4 Å². The minimum atomic E-state index is -4.26. The molecule has 1 aliphatic heterocycles. The van der Waals surface area contributed by atoms with Gasteiger partial charge in [-0.15, -0.1) is 0 Å². The van der Waals surface area contributed by atoms with Gasteiger partial charge in [0, 0.05) is 12.7 Å². The molecular weight excluding hydrogens is 275 g/mol. The standard InChI is InChI=1S/C8H7BrF3N3/c9-4-1-13-2-5-7(4)15-6(3-14-5)8(10,11)12/h1-2,6,14-15H,3H2. The third-order valence-electron chi connectivity index (χ3n) is 2.11. The number of nitrogens with one attached hydrogen (secondary N) is 2. The second kappa shape index (κ2) is 3.55. The summed E-state index contributed by atoms with van der Waals surface area (Å²) < 4.78 is 37.8. The van der Waals surface area contributed by atoms with E-state index in [4.69, 9.17) is 0 Å². The first-order valence-electron chi connectivity index (χ1n) is 4.19. The highest BCUT2D eigenvalue weighted by Crippen LogP contribution is 2.36. The van der Waals surface area contributed by atoms with Crippen LogP contribution in [0.1, 0.15) is 0 Å². The summed E-state index contributed by atoms with van der Waals surface area (Å²) in [5.41, 5.74) is 0.975. The van der Waals surface area contributed by atoms with Crippen molar-refractivity contribution in [3.05, 3.63) is 16.9 Å². The van der Waals surface area contributed by atoms with Crippen LogP contribution >= 0.6 is 15.9 Å². The molecule has 82 valence electrons. The minimum Gasteiger partial charge on any atom is -0.380 e. The van der Waals surface area contributed by atoms with Gasteiger partial charge in [0.15, 0.2) is 0 Å². The lowest BCUT2D eigenvalue weighted by Gasteiger charge is -2.30. The number of halogens is 4. The lowest BCUT2D eigenvalue weighted by Crippen LogP contribution is -2.44. The van der Waals surface area contributed by atoms with Crippen LogP contribution in [0.25, 0.3) is 0 Å². The third kappa shape index (κ3) is 2.01. The highest BCUT2D eigenvalue weighted by Gasteiger charge is 2.41. The van der Waals surface area contributed by atoms with Crippen LogP contribution < -0.4 is 10.6 Å². The van der Waals surface area contributed by atoms with Gasteiger partial charge in [0.1, 0.15) is 6.04 Å². The zero-order chi connectivity index (χ0) is 11.1. The number of rotatable bonds is 0. The predicted octanol–water partition coefficient (Wildman–Crippen LogP) is 2.61. The molecule has 1 aromatic heterocycles. The van der Waals surface area contributed by atoms with Crippen molar-refractivity contribution in [2.24, 2.45) is 0 Å². The number of hydrogen-bond acceptors (Lipinski definition) is 3. The number of pyridine rings is 1. The predicted molar refractivity (Wildman–Crippen MR) is 53.9 cm³/mol. The molecule has 1 aromatic rings. The maximum Gasteiger partial charge on any atom is 0.410 e. The molecule has 0 saturated heterocycles. The van der Waals surface area contributed by atoms with E-state index in [0.29, 0.717) is 15.8 Å². The molecule has 0 aromatic carbocycles. The van der Waals surface area contributed by atoms with Crippen molar-refractivity contribution in [3.63, 3.8) is 0 Å². The second-order valence-corrected chi connectivity index (χ2v) is 4.02. The summed E-state index contributed by atoms with van der Waals surface area (Å²) in [6, 6.07) is -1.57. The van der Waals surface area contributed by atoms with Crippen LogP contribution in [0, 0.1) is 0 Å². The van der Waals surface area contributed by atoms with E-state index in [0.717, 1.165) is 0 Å². The molecule has 2 rings (SSSR count). The highest BCUT2D eigenvalue weighted by molar-refractivity contribution is 9.10. The molecule has 0 amide bonds. The van der Waals surface area contributed by atoms with Crippen LogP contribution in [0.2, 0.25) is 0 Å². The second-order valence-electron chi connectivity index (χ2n) is 3.16. The summed E-state index contributed by atoms with van der Waals surface area (Å²) in [4.78, 5) is 3.85. The molecule has 7 heteroatoms. The molecule has 0 aliphatic carbocycles. The van der Waals surface area contributed by atoms with Crippen molar-refractivity contribution in [3.8, 4) is 0 Å². The Labute approximate surface area is 92.2 Å². The number of hydrogen-bond donors (Lipinski definition) is 2. The average Bonchev–Trinajstić information content (AvgIpc) is 2.16. The van der Waals surface area contributed by atoms with Crippen molar-refractivity contribution in [2.45, 2.75) is 12.2 Å². The monoisotopic (exact) mass is 281 g/mol. The fourth-order valence-corrected chi connectivity index (χ4v) is 1.80. The van der Waals surface area contributed by atoms with Crippen molar-refractivity contribution in [1.29, 1.82) is 0 Å². The Morgan fingerprint density at radius 1 is 1.40 bits per heavy atom. The van der Waals surface area contributed by atoms with Gasteiger partial charge >= 0.3 is 6.18 Å². The van der Waals surface area contributed by atoms with Gasteiger partial charge in [-0.05, 0) is 15.9 Å². The first-order valence-corrected chi connectivity index (χ1v) is 4.98. The number of nitrogens with zero attached hydrogens (tertiary/aromatic N) is 1. The number of anilines is 2. The van der Waals surface area contributed by atoms with E-state index in [1.54, 1.807) is 0 Å². The fourth-order valence-electron chi connectivity index (χ4n) is 1.35.